The van der Waals surface area contributed by atoms with Crippen LogP contribution in [0.5, 0.6) is 0 Å². The predicted octanol–water partition coefficient (Wildman–Crippen LogP) is 2.30. The molecule has 0 saturated heterocycles. The Bertz CT molecular complexity index is 526. The first-order valence-electron chi connectivity index (χ1n) is 6.72. The van der Waals surface area contributed by atoms with E-state index in [9.17, 15) is 20.0 Å². The number of ketones is 1. The SMILES string of the molecule is CC(=O)[C@H]1C[C@@](c2ccccc2)([N+](=O)[O-])CC[C@]1(C)O. The van der Waals surface area contributed by atoms with E-state index in [1.807, 2.05) is 0 Å². The molecular weight excluding hydrogens is 258 g/mol. The van der Waals surface area contributed by atoms with Crippen LogP contribution in [0.1, 0.15) is 38.7 Å². The van der Waals surface area contributed by atoms with Gasteiger partial charge in [-0.15, -0.1) is 0 Å². The zero-order valence-electron chi connectivity index (χ0n) is 11.7. The molecule has 0 unspecified atom stereocenters. The van der Waals surface area contributed by atoms with Crippen LogP contribution in [0.2, 0.25) is 0 Å². The van der Waals surface area contributed by atoms with Gasteiger partial charge in [-0.2, -0.15) is 0 Å². The Morgan fingerprint density at radius 1 is 1.35 bits per heavy atom. The van der Waals surface area contributed by atoms with E-state index in [-0.39, 0.29) is 30.0 Å². The molecule has 108 valence electrons. The van der Waals surface area contributed by atoms with Crippen molar-refractivity contribution in [3.8, 4) is 0 Å². The minimum atomic E-state index is -1.28. The first-order chi connectivity index (χ1) is 9.29. The summed E-state index contributed by atoms with van der Waals surface area (Å²) in [6.45, 7) is 2.98. The molecule has 1 aliphatic carbocycles. The third kappa shape index (κ3) is 2.33. The second kappa shape index (κ2) is 4.98. The van der Waals surface area contributed by atoms with Crippen LogP contribution in [-0.4, -0.2) is 21.4 Å². The molecule has 2 rings (SSSR count). The van der Waals surface area contributed by atoms with E-state index in [1.54, 1.807) is 37.3 Å². The number of carbonyl (C=O) groups excluding carboxylic acids is 1. The Kier molecular flexibility index (Phi) is 3.65. The van der Waals surface area contributed by atoms with E-state index < -0.39 is 17.1 Å². The summed E-state index contributed by atoms with van der Waals surface area (Å²) in [4.78, 5) is 23.1. The van der Waals surface area contributed by atoms with Gasteiger partial charge in [-0.25, -0.2) is 0 Å². The van der Waals surface area contributed by atoms with Crippen LogP contribution in [-0.2, 0) is 10.3 Å². The van der Waals surface area contributed by atoms with Crippen LogP contribution >= 0.6 is 0 Å². The Balaban J connectivity index is 2.46. The fourth-order valence-electron chi connectivity index (χ4n) is 3.16. The van der Waals surface area contributed by atoms with E-state index in [0.29, 0.717) is 5.56 Å². The molecule has 0 bridgehead atoms. The van der Waals surface area contributed by atoms with Gasteiger partial charge in [0.2, 0.25) is 5.54 Å². The minimum Gasteiger partial charge on any atom is -0.389 e. The number of nitro groups is 1. The number of nitrogens with zero attached hydrogens (tertiary/aromatic N) is 1. The molecule has 0 aliphatic heterocycles. The molecule has 1 aromatic rings. The molecule has 1 aromatic carbocycles. The maximum Gasteiger partial charge on any atom is 0.248 e. The molecule has 0 aromatic heterocycles. The Morgan fingerprint density at radius 3 is 2.45 bits per heavy atom. The zero-order valence-corrected chi connectivity index (χ0v) is 11.7. The summed E-state index contributed by atoms with van der Waals surface area (Å²) in [5.41, 5.74) is -1.84. The average Bonchev–Trinajstić information content (AvgIpc) is 2.39. The summed E-state index contributed by atoms with van der Waals surface area (Å²) in [6, 6.07) is 8.77. The molecule has 3 atom stereocenters. The van der Waals surface area contributed by atoms with Gasteiger partial charge in [-0.1, -0.05) is 30.3 Å². The van der Waals surface area contributed by atoms with Crippen LogP contribution < -0.4 is 0 Å². The second-order valence-corrected chi connectivity index (χ2v) is 5.88. The Labute approximate surface area is 117 Å². The van der Waals surface area contributed by atoms with Crippen molar-refractivity contribution >= 4 is 5.78 Å². The lowest BCUT2D eigenvalue weighted by molar-refractivity contribution is -0.588. The third-order valence-electron chi connectivity index (χ3n) is 4.49. The molecule has 1 saturated carbocycles. The summed E-state index contributed by atoms with van der Waals surface area (Å²) in [5, 5.41) is 22.0. The van der Waals surface area contributed by atoms with E-state index in [4.69, 9.17) is 0 Å². The van der Waals surface area contributed by atoms with Crippen molar-refractivity contribution in [3.63, 3.8) is 0 Å². The molecule has 1 N–H and O–H groups in total. The molecular formula is C15H19NO4. The number of rotatable bonds is 3. The van der Waals surface area contributed by atoms with Gasteiger partial charge in [0.15, 0.2) is 0 Å². The normalized spacial score (nSPS) is 33.6. The van der Waals surface area contributed by atoms with Crippen LogP contribution in [0.25, 0.3) is 0 Å². The van der Waals surface area contributed by atoms with Crippen molar-refractivity contribution in [1.82, 2.24) is 0 Å². The molecule has 5 nitrogen and oxygen atoms in total. The number of carbonyl (C=O) groups is 1. The molecule has 0 heterocycles. The molecule has 1 fully saturated rings. The van der Waals surface area contributed by atoms with Crippen LogP contribution in [0.4, 0.5) is 0 Å². The molecule has 20 heavy (non-hydrogen) atoms. The highest BCUT2D eigenvalue weighted by Gasteiger charge is 2.55. The van der Waals surface area contributed by atoms with Crippen molar-refractivity contribution in [2.24, 2.45) is 5.92 Å². The quantitative estimate of drug-likeness (QED) is 0.679. The molecule has 0 amide bonds. The maximum absolute atomic E-state index is 11.8. The largest absolute Gasteiger partial charge is 0.389 e. The lowest BCUT2D eigenvalue weighted by Gasteiger charge is -2.42. The highest BCUT2D eigenvalue weighted by atomic mass is 16.6. The smallest absolute Gasteiger partial charge is 0.248 e. The molecule has 1 aliphatic rings. The maximum atomic E-state index is 11.8. The van der Waals surface area contributed by atoms with Crippen molar-refractivity contribution < 1.29 is 14.8 Å². The van der Waals surface area contributed by atoms with Crippen LogP contribution in [0.15, 0.2) is 30.3 Å². The van der Waals surface area contributed by atoms with Gasteiger partial charge in [0.05, 0.1) is 11.5 Å². The molecule has 0 radical (unpaired) electrons. The summed E-state index contributed by atoms with van der Waals surface area (Å²) in [5.74, 6) is -0.904. The number of benzene rings is 1. The summed E-state index contributed by atoms with van der Waals surface area (Å²) in [7, 11) is 0. The summed E-state index contributed by atoms with van der Waals surface area (Å²) < 4.78 is 0. The number of aliphatic hydroxyl groups is 1. The van der Waals surface area contributed by atoms with Gasteiger partial charge in [-0.3, -0.25) is 14.9 Å². The van der Waals surface area contributed by atoms with Crippen molar-refractivity contribution in [2.75, 3.05) is 0 Å². The van der Waals surface area contributed by atoms with E-state index >= 15 is 0 Å². The van der Waals surface area contributed by atoms with Crippen molar-refractivity contribution in [2.45, 2.75) is 44.2 Å². The van der Waals surface area contributed by atoms with Gasteiger partial charge >= 0.3 is 0 Å². The highest BCUT2D eigenvalue weighted by molar-refractivity contribution is 5.79. The highest BCUT2D eigenvalue weighted by Crippen LogP contribution is 2.46. The predicted molar refractivity (Wildman–Crippen MR) is 73.8 cm³/mol. The van der Waals surface area contributed by atoms with E-state index in [0.717, 1.165) is 0 Å². The summed E-state index contributed by atoms with van der Waals surface area (Å²) in [6.07, 6.45) is 0.528. The standard InChI is InChI=1S/C15H19NO4/c1-11(17)13-10-15(16(19)20,9-8-14(13,2)18)12-6-4-3-5-7-12/h3-7,13,18H,8-10H2,1-2H3/t13-,14+,15+/m1/s1. The average molecular weight is 277 g/mol. The summed E-state index contributed by atoms with van der Waals surface area (Å²) >= 11 is 0. The first kappa shape index (κ1) is 14.7. The Hall–Kier alpha value is -1.75. The Morgan fingerprint density at radius 2 is 1.95 bits per heavy atom. The lowest BCUT2D eigenvalue weighted by atomic mass is 9.65. The molecule has 5 heteroatoms. The number of hydrogen-bond donors (Lipinski definition) is 1. The van der Waals surface area contributed by atoms with Crippen LogP contribution in [0.3, 0.4) is 0 Å². The van der Waals surface area contributed by atoms with Crippen LogP contribution in [0, 0.1) is 16.0 Å². The topological polar surface area (TPSA) is 80.4 Å². The van der Waals surface area contributed by atoms with Crippen molar-refractivity contribution in [1.29, 1.82) is 0 Å². The van der Waals surface area contributed by atoms with E-state index in [1.165, 1.54) is 6.92 Å². The number of Topliss-reactive ketones (excluding diaryl/α,β-unsaturated/α-hetero) is 1. The lowest BCUT2D eigenvalue weighted by Crippen LogP contribution is -2.52. The minimum absolute atomic E-state index is 0.0480. The fraction of sp³-hybridized carbons (Fsp3) is 0.533. The monoisotopic (exact) mass is 277 g/mol. The third-order valence-corrected chi connectivity index (χ3v) is 4.49. The van der Waals surface area contributed by atoms with Gasteiger partial charge in [0, 0.05) is 23.3 Å². The number of hydrogen-bond acceptors (Lipinski definition) is 4. The fourth-order valence-corrected chi connectivity index (χ4v) is 3.16. The zero-order chi connectivity index (χ0) is 15.0. The van der Waals surface area contributed by atoms with E-state index in [2.05, 4.69) is 0 Å². The first-order valence-corrected chi connectivity index (χ1v) is 6.72. The molecule has 0 spiro atoms. The van der Waals surface area contributed by atoms with Gasteiger partial charge in [0.25, 0.3) is 0 Å². The van der Waals surface area contributed by atoms with Crippen molar-refractivity contribution in [3.05, 3.63) is 46.0 Å². The van der Waals surface area contributed by atoms with Gasteiger partial charge in [0.1, 0.15) is 5.78 Å². The second-order valence-electron chi connectivity index (χ2n) is 5.88. The van der Waals surface area contributed by atoms with Gasteiger partial charge in [-0.05, 0) is 20.3 Å². The van der Waals surface area contributed by atoms with Gasteiger partial charge < -0.3 is 5.11 Å².